The lowest BCUT2D eigenvalue weighted by Gasteiger charge is -2.45. The van der Waals surface area contributed by atoms with Crippen LogP contribution >= 0.6 is 0 Å². The number of aliphatic hydroxyl groups excluding tert-OH is 3. The zero-order valence-electron chi connectivity index (χ0n) is 13.9. The average molecular weight is 344 g/mol. The summed E-state index contributed by atoms with van der Waals surface area (Å²) in [5.74, 6) is 0. The van der Waals surface area contributed by atoms with E-state index in [9.17, 15) is 20.4 Å². The third-order valence-corrected chi connectivity index (χ3v) is 4.72. The molecule has 0 bridgehead atoms. The SMILES string of the molecule is OC(Cc1ccccc1)[C@H]1O[C@H](O)C[C@](O)(Cc2ccccc2)[C@@H]1O. The lowest BCUT2D eigenvalue weighted by Crippen LogP contribution is -2.61. The minimum Gasteiger partial charge on any atom is -0.390 e. The molecule has 1 heterocycles. The third kappa shape index (κ3) is 4.26. The summed E-state index contributed by atoms with van der Waals surface area (Å²) in [5.41, 5.74) is 0.161. The molecular weight excluding hydrogens is 320 g/mol. The van der Waals surface area contributed by atoms with Crippen molar-refractivity contribution in [2.75, 3.05) is 0 Å². The van der Waals surface area contributed by atoms with Crippen LogP contribution in [0, 0.1) is 0 Å². The second kappa shape index (κ2) is 7.64. The Morgan fingerprint density at radius 1 is 0.960 bits per heavy atom. The summed E-state index contributed by atoms with van der Waals surface area (Å²) in [6.07, 6.45) is -4.35. The van der Waals surface area contributed by atoms with Crippen molar-refractivity contribution in [3.05, 3.63) is 71.8 Å². The van der Waals surface area contributed by atoms with E-state index in [-0.39, 0.29) is 19.3 Å². The first kappa shape index (κ1) is 18.0. The molecule has 134 valence electrons. The van der Waals surface area contributed by atoms with Crippen molar-refractivity contribution in [3.8, 4) is 0 Å². The Bertz CT molecular complexity index is 662. The number of ether oxygens (including phenoxy) is 1. The van der Waals surface area contributed by atoms with Crippen molar-refractivity contribution in [2.24, 2.45) is 0 Å². The van der Waals surface area contributed by atoms with Gasteiger partial charge in [-0.25, -0.2) is 0 Å². The van der Waals surface area contributed by atoms with E-state index in [1.54, 1.807) is 0 Å². The monoisotopic (exact) mass is 344 g/mol. The van der Waals surface area contributed by atoms with Gasteiger partial charge in [0.15, 0.2) is 6.29 Å². The van der Waals surface area contributed by atoms with Crippen LogP contribution < -0.4 is 0 Å². The molecule has 1 aliphatic rings. The predicted octanol–water partition coefficient (Wildman–Crippen LogP) is 1.03. The second-order valence-corrected chi connectivity index (χ2v) is 6.73. The van der Waals surface area contributed by atoms with Gasteiger partial charge < -0.3 is 25.2 Å². The van der Waals surface area contributed by atoms with Crippen molar-refractivity contribution in [1.29, 1.82) is 0 Å². The van der Waals surface area contributed by atoms with Crippen molar-refractivity contribution >= 4 is 0 Å². The number of rotatable bonds is 5. The van der Waals surface area contributed by atoms with E-state index in [0.717, 1.165) is 11.1 Å². The molecular formula is C20H24O5. The Hall–Kier alpha value is -1.76. The molecule has 0 aromatic heterocycles. The molecule has 3 rings (SSSR count). The number of benzene rings is 2. The maximum Gasteiger partial charge on any atom is 0.158 e. The molecule has 1 fully saturated rings. The van der Waals surface area contributed by atoms with Crippen LogP contribution in [-0.4, -0.2) is 50.6 Å². The minimum atomic E-state index is -1.57. The van der Waals surface area contributed by atoms with Gasteiger partial charge in [0.1, 0.15) is 17.8 Å². The summed E-state index contributed by atoms with van der Waals surface area (Å²) in [5, 5.41) is 42.1. The predicted molar refractivity (Wildman–Crippen MR) is 92.8 cm³/mol. The zero-order chi connectivity index (χ0) is 17.9. The Balaban J connectivity index is 1.76. The van der Waals surface area contributed by atoms with E-state index in [4.69, 9.17) is 4.74 Å². The van der Waals surface area contributed by atoms with E-state index >= 15 is 0 Å². The molecule has 0 radical (unpaired) electrons. The van der Waals surface area contributed by atoms with Gasteiger partial charge >= 0.3 is 0 Å². The lowest BCUT2D eigenvalue weighted by molar-refractivity contribution is -0.283. The molecule has 4 N–H and O–H groups in total. The number of hydrogen-bond acceptors (Lipinski definition) is 5. The van der Waals surface area contributed by atoms with Crippen LogP contribution in [0.15, 0.2) is 60.7 Å². The zero-order valence-corrected chi connectivity index (χ0v) is 13.9. The second-order valence-electron chi connectivity index (χ2n) is 6.73. The normalized spacial score (nSPS) is 30.8. The summed E-state index contributed by atoms with van der Waals surface area (Å²) in [6, 6.07) is 18.6. The fourth-order valence-electron chi connectivity index (χ4n) is 3.43. The maximum absolute atomic E-state index is 10.9. The summed E-state index contributed by atoms with van der Waals surface area (Å²) >= 11 is 0. The van der Waals surface area contributed by atoms with Gasteiger partial charge in [-0.1, -0.05) is 60.7 Å². The molecule has 5 nitrogen and oxygen atoms in total. The first-order chi connectivity index (χ1) is 12.0. The van der Waals surface area contributed by atoms with Crippen LogP contribution in [0.4, 0.5) is 0 Å². The quantitative estimate of drug-likeness (QED) is 0.651. The van der Waals surface area contributed by atoms with Crippen molar-refractivity contribution in [3.63, 3.8) is 0 Å². The topological polar surface area (TPSA) is 90.2 Å². The van der Waals surface area contributed by atoms with Crippen molar-refractivity contribution < 1.29 is 25.2 Å². The van der Waals surface area contributed by atoms with Gasteiger partial charge in [-0.05, 0) is 11.1 Å². The molecule has 0 aliphatic carbocycles. The Labute approximate surface area is 147 Å². The average Bonchev–Trinajstić information content (AvgIpc) is 2.59. The van der Waals surface area contributed by atoms with E-state index < -0.39 is 30.2 Å². The fourth-order valence-corrected chi connectivity index (χ4v) is 3.43. The molecule has 25 heavy (non-hydrogen) atoms. The van der Waals surface area contributed by atoms with Crippen molar-refractivity contribution in [2.45, 2.75) is 49.5 Å². The third-order valence-electron chi connectivity index (χ3n) is 4.72. The summed E-state index contributed by atoms with van der Waals surface area (Å²) < 4.78 is 5.36. The lowest BCUT2D eigenvalue weighted by atomic mass is 9.79. The van der Waals surface area contributed by atoms with Gasteiger partial charge in [-0.15, -0.1) is 0 Å². The molecule has 2 aromatic carbocycles. The van der Waals surface area contributed by atoms with Gasteiger partial charge in [0.05, 0.1) is 6.10 Å². The van der Waals surface area contributed by atoms with Crippen LogP contribution in [-0.2, 0) is 17.6 Å². The Morgan fingerprint density at radius 3 is 2.12 bits per heavy atom. The summed E-state index contributed by atoms with van der Waals surface area (Å²) in [7, 11) is 0. The maximum atomic E-state index is 10.9. The highest BCUT2D eigenvalue weighted by atomic mass is 16.6. The summed E-state index contributed by atoms with van der Waals surface area (Å²) in [4.78, 5) is 0. The van der Waals surface area contributed by atoms with E-state index in [1.807, 2.05) is 60.7 Å². The Morgan fingerprint density at radius 2 is 1.52 bits per heavy atom. The number of hydrogen-bond donors (Lipinski definition) is 4. The molecule has 0 amide bonds. The molecule has 0 saturated carbocycles. The number of aliphatic hydroxyl groups is 4. The van der Waals surface area contributed by atoms with E-state index in [1.165, 1.54) is 0 Å². The largest absolute Gasteiger partial charge is 0.390 e. The fraction of sp³-hybridized carbons (Fsp3) is 0.400. The Kier molecular flexibility index (Phi) is 5.51. The van der Waals surface area contributed by atoms with Crippen LogP contribution in [0.1, 0.15) is 17.5 Å². The standard InChI is InChI=1S/C20H24O5/c21-16(11-14-7-3-1-4-8-14)18-19(23)20(24,13-17(22)25-18)12-15-9-5-2-6-10-15/h1-10,16-19,21-24H,11-13H2/t16?,17-,18+,19+,20+/m0/s1. The molecule has 1 unspecified atom stereocenters. The molecule has 5 heteroatoms. The van der Waals surface area contributed by atoms with E-state index in [2.05, 4.69) is 0 Å². The highest BCUT2D eigenvalue weighted by Crippen LogP contribution is 2.33. The van der Waals surface area contributed by atoms with Crippen molar-refractivity contribution in [1.82, 2.24) is 0 Å². The van der Waals surface area contributed by atoms with Gasteiger partial charge in [0, 0.05) is 19.3 Å². The molecule has 1 saturated heterocycles. The van der Waals surface area contributed by atoms with Crippen LogP contribution in [0.3, 0.4) is 0 Å². The molecule has 2 aromatic rings. The van der Waals surface area contributed by atoms with Crippen LogP contribution in [0.25, 0.3) is 0 Å². The van der Waals surface area contributed by atoms with Gasteiger partial charge in [0.2, 0.25) is 0 Å². The summed E-state index contributed by atoms with van der Waals surface area (Å²) in [6.45, 7) is 0. The van der Waals surface area contributed by atoms with E-state index in [0.29, 0.717) is 0 Å². The van der Waals surface area contributed by atoms with Gasteiger partial charge in [0.25, 0.3) is 0 Å². The van der Waals surface area contributed by atoms with Crippen LogP contribution in [0.5, 0.6) is 0 Å². The minimum absolute atomic E-state index is 0.113. The molecule has 0 spiro atoms. The van der Waals surface area contributed by atoms with Gasteiger partial charge in [-0.2, -0.15) is 0 Å². The van der Waals surface area contributed by atoms with Gasteiger partial charge in [-0.3, -0.25) is 0 Å². The highest BCUT2D eigenvalue weighted by molar-refractivity contribution is 5.20. The molecule has 5 atom stereocenters. The first-order valence-corrected chi connectivity index (χ1v) is 8.48. The first-order valence-electron chi connectivity index (χ1n) is 8.48. The molecule has 1 aliphatic heterocycles. The highest BCUT2D eigenvalue weighted by Gasteiger charge is 2.49. The smallest absolute Gasteiger partial charge is 0.158 e. The van der Waals surface area contributed by atoms with Crippen LogP contribution in [0.2, 0.25) is 0 Å².